The lowest BCUT2D eigenvalue weighted by Gasteiger charge is -2.20. The van der Waals surface area contributed by atoms with Gasteiger partial charge in [-0.25, -0.2) is 4.79 Å². The monoisotopic (exact) mass is 437 g/mol. The maximum absolute atomic E-state index is 12.2. The molecule has 2 heterocycles. The molecule has 4 aromatic rings. The van der Waals surface area contributed by atoms with E-state index in [1.165, 1.54) is 0 Å². The SMILES string of the molecule is CCCN(Cc1nnc(-c2ccccc2Cl)o1)Cc1cc(=O)oc2c(C)c(C)ccc12. The van der Waals surface area contributed by atoms with E-state index in [-0.39, 0.29) is 5.63 Å². The molecule has 0 atom stereocenters. The highest BCUT2D eigenvalue weighted by atomic mass is 35.5. The molecule has 0 aliphatic carbocycles. The lowest BCUT2D eigenvalue weighted by Crippen LogP contribution is -2.24. The standard InChI is InChI=1S/C24H24ClN3O3/c1-4-11-28(14-21-26-27-24(30-21)19-7-5-6-8-20(19)25)13-17-12-22(29)31-23-16(3)15(2)9-10-18(17)23/h5-10,12H,4,11,13-14H2,1-3H3. The summed E-state index contributed by atoms with van der Waals surface area (Å²) in [6.07, 6.45) is 0.947. The molecule has 4 rings (SSSR count). The molecule has 0 saturated carbocycles. The van der Waals surface area contributed by atoms with Crippen molar-refractivity contribution in [2.24, 2.45) is 0 Å². The molecular weight excluding hydrogens is 414 g/mol. The van der Waals surface area contributed by atoms with E-state index >= 15 is 0 Å². The molecule has 0 amide bonds. The van der Waals surface area contributed by atoms with Crippen molar-refractivity contribution in [3.8, 4) is 11.5 Å². The van der Waals surface area contributed by atoms with E-state index in [4.69, 9.17) is 20.4 Å². The first-order chi connectivity index (χ1) is 15.0. The predicted molar refractivity (Wildman–Crippen MR) is 121 cm³/mol. The first kappa shape index (κ1) is 21.3. The van der Waals surface area contributed by atoms with Crippen molar-refractivity contribution < 1.29 is 8.83 Å². The molecule has 0 fully saturated rings. The number of aryl methyl sites for hydroxylation is 2. The second kappa shape index (κ2) is 9.04. The number of rotatable bonds is 7. The van der Waals surface area contributed by atoms with Gasteiger partial charge < -0.3 is 8.83 Å². The van der Waals surface area contributed by atoms with Crippen molar-refractivity contribution in [2.45, 2.75) is 40.3 Å². The Labute approximate surface area is 185 Å². The fourth-order valence-electron chi connectivity index (χ4n) is 3.68. The second-order valence-corrected chi connectivity index (χ2v) is 8.07. The quantitative estimate of drug-likeness (QED) is 0.354. The summed E-state index contributed by atoms with van der Waals surface area (Å²) in [6.45, 7) is 7.96. The van der Waals surface area contributed by atoms with Gasteiger partial charge in [-0.15, -0.1) is 10.2 Å². The van der Waals surface area contributed by atoms with Crippen molar-refractivity contribution >= 4 is 22.6 Å². The first-order valence-electron chi connectivity index (χ1n) is 10.3. The van der Waals surface area contributed by atoms with Crippen molar-refractivity contribution in [1.82, 2.24) is 15.1 Å². The molecule has 2 aromatic carbocycles. The van der Waals surface area contributed by atoms with Crippen LogP contribution in [-0.2, 0) is 13.1 Å². The Bertz CT molecular complexity index is 1280. The maximum Gasteiger partial charge on any atom is 0.336 e. The van der Waals surface area contributed by atoms with Crippen LogP contribution < -0.4 is 5.63 Å². The van der Waals surface area contributed by atoms with Crippen LogP contribution >= 0.6 is 11.6 Å². The van der Waals surface area contributed by atoms with Gasteiger partial charge in [-0.3, -0.25) is 4.90 Å². The molecule has 7 heteroatoms. The molecule has 0 unspecified atom stereocenters. The average Bonchev–Trinajstić information content (AvgIpc) is 3.20. The van der Waals surface area contributed by atoms with Crippen LogP contribution in [0.3, 0.4) is 0 Å². The number of aromatic nitrogens is 2. The van der Waals surface area contributed by atoms with Gasteiger partial charge in [0, 0.05) is 18.0 Å². The first-order valence-corrected chi connectivity index (χ1v) is 10.7. The second-order valence-electron chi connectivity index (χ2n) is 7.67. The largest absolute Gasteiger partial charge is 0.422 e. The number of halogens is 1. The zero-order chi connectivity index (χ0) is 22.0. The Balaban J connectivity index is 1.62. The van der Waals surface area contributed by atoms with Gasteiger partial charge >= 0.3 is 5.63 Å². The summed E-state index contributed by atoms with van der Waals surface area (Å²) in [5, 5.41) is 9.88. The molecule has 0 aliphatic rings. The number of hydrogen-bond donors (Lipinski definition) is 0. The lowest BCUT2D eigenvalue weighted by atomic mass is 10.0. The third-order valence-electron chi connectivity index (χ3n) is 5.38. The van der Waals surface area contributed by atoms with Crippen LogP contribution in [0.1, 0.15) is 35.9 Å². The topological polar surface area (TPSA) is 72.4 Å². The van der Waals surface area contributed by atoms with E-state index < -0.39 is 0 Å². The van der Waals surface area contributed by atoms with E-state index in [2.05, 4.69) is 28.1 Å². The van der Waals surface area contributed by atoms with Crippen molar-refractivity contribution in [3.63, 3.8) is 0 Å². The summed E-state index contributed by atoms with van der Waals surface area (Å²) < 4.78 is 11.4. The van der Waals surface area contributed by atoms with Crippen LogP contribution in [0.4, 0.5) is 0 Å². The minimum Gasteiger partial charge on any atom is -0.422 e. The number of nitrogens with zero attached hydrogens (tertiary/aromatic N) is 3. The summed E-state index contributed by atoms with van der Waals surface area (Å²) in [7, 11) is 0. The molecule has 0 radical (unpaired) electrons. The smallest absolute Gasteiger partial charge is 0.336 e. The lowest BCUT2D eigenvalue weighted by molar-refractivity contribution is 0.232. The fraction of sp³-hybridized carbons (Fsp3) is 0.292. The Hall–Kier alpha value is -2.96. The Kier molecular flexibility index (Phi) is 6.20. The van der Waals surface area contributed by atoms with Crippen molar-refractivity contribution in [3.05, 3.63) is 80.5 Å². The highest BCUT2D eigenvalue weighted by Gasteiger charge is 2.17. The summed E-state index contributed by atoms with van der Waals surface area (Å²) >= 11 is 6.25. The molecule has 2 aromatic heterocycles. The molecule has 6 nitrogen and oxygen atoms in total. The van der Waals surface area contributed by atoms with Crippen molar-refractivity contribution in [2.75, 3.05) is 6.54 Å². The highest BCUT2D eigenvalue weighted by molar-refractivity contribution is 6.33. The molecule has 0 spiro atoms. The number of benzene rings is 2. The molecule has 0 saturated heterocycles. The predicted octanol–water partition coefficient (Wildman–Crippen LogP) is 5.53. The van der Waals surface area contributed by atoms with Crippen molar-refractivity contribution in [1.29, 1.82) is 0 Å². The van der Waals surface area contributed by atoms with E-state index in [0.717, 1.165) is 35.0 Å². The van der Waals surface area contributed by atoms with E-state index in [1.54, 1.807) is 12.1 Å². The summed E-state index contributed by atoms with van der Waals surface area (Å²) in [5.74, 6) is 0.900. The van der Waals surface area contributed by atoms with Crippen LogP contribution in [0.15, 0.2) is 56.1 Å². The third kappa shape index (κ3) is 4.55. The summed E-state index contributed by atoms with van der Waals surface area (Å²) in [5.41, 5.74) is 4.02. The van der Waals surface area contributed by atoms with Gasteiger partial charge in [-0.2, -0.15) is 0 Å². The minimum atomic E-state index is -0.341. The Morgan fingerprint density at radius 1 is 1.03 bits per heavy atom. The van der Waals surface area contributed by atoms with E-state index in [0.29, 0.717) is 41.0 Å². The van der Waals surface area contributed by atoms with Crippen LogP contribution in [0, 0.1) is 13.8 Å². The highest BCUT2D eigenvalue weighted by Crippen LogP contribution is 2.27. The van der Waals surface area contributed by atoms with Gasteiger partial charge in [0.1, 0.15) is 5.58 Å². The van der Waals surface area contributed by atoms with Gasteiger partial charge in [0.15, 0.2) is 0 Å². The van der Waals surface area contributed by atoms with Gasteiger partial charge in [-0.1, -0.05) is 42.8 Å². The molecule has 160 valence electrons. The molecular formula is C24H24ClN3O3. The maximum atomic E-state index is 12.2. The number of fused-ring (bicyclic) bond motifs is 1. The molecule has 0 N–H and O–H groups in total. The van der Waals surface area contributed by atoms with E-state index in [9.17, 15) is 4.79 Å². The zero-order valence-corrected chi connectivity index (χ0v) is 18.6. The van der Waals surface area contributed by atoms with E-state index in [1.807, 2.05) is 38.1 Å². The Morgan fingerprint density at radius 3 is 2.61 bits per heavy atom. The summed E-state index contributed by atoms with van der Waals surface area (Å²) in [6, 6.07) is 13.0. The zero-order valence-electron chi connectivity index (χ0n) is 17.8. The normalized spacial score (nSPS) is 11.5. The third-order valence-corrected chi connectivity index (χ3v) is 5.71. The van der Waals surface area contributed by atoms with Gasteiger partial charge in [-0.05, 0) is 55.6 Å². The van der Waals surface area contributed by atoms with Gasteiger partial charge in [0.05, 0.1) is 17.1 Å². The Morgan fingerprint density at radius 2 is 1.84 bits per heavy atom. The molecule has 0 aliphatic heterocycles. The molecule has 31 heavy (non-hydrogen) atoms. The van der Waals surface area contributed by atoms with Gasteiger partial charge in [0.2, 0.25) is 11.8 Å². The summed E-state index contributed by atoms with van der Waals surface area (Å²) in [4.78, 5) is 14.4. The number of hydrogen-bond acceptors (Lipinski definition) is 6. The minimum absolute atomic E-state index is 0.341. The van der Waals surface area contributed by atoms with Gasteiger partial charge in [0.25, 0.3) is 0 Å². The fourth-order valence-corrected chi connectivity index (χ4v) is 3.90. The van der Waals surface area contributed by atoms with Crippen LogP contribution in [0.25, 0.3) is 22.4 Å². The molecule has 0 bridgehead atoms. The van der Waals surface area contributed by atoms with Crippen LogP contribution in [0.5, 0.6) is 0 Å². The van der Waals surface area contributed by atoms with Crippen LogP contribution in [-0.4, -0.2) is 21.6 Å². The van der Waals surface area contributed by atoms with Crippen LogP contribution in [0.2, 0.25) is 5.02 Å². The average molecular weight is 438 g/mol.